The summed E-state index contributed by atoms with van der Waals surface area (Å²) in [6.45, 7) is 9.66. The molecular formula is C21H32N4O3. The number of carbonyl (C=O) groups excluding carboxylic acids is 2. The Morgan fingerprint density at radius 3 is 2.43 bits per heavy atom. The van der Waals surface area contributed by atoms with E-state index in [1.165, 1.54) is 5.56 Å². The van der Waals surface area contributed by atoms with Crippen molar-refractivity contribution in [2.75, 3.05) is 45.9 Å². The number of nitrogens with zero attached hydrogens (tertiary/aromatic N) is 3. The summed E-state index contributed by atoms with van der Waals surface area (Å²) < 4.78 is 5.09. The molecule has 154 valence electrons. The molecule has 2 aliphatic rings. The summed E-state index contributed by atoms with van der Waals surface area (Å²) >= 11 is 0. The highest BCUT2D eigenvalue weighted by Crippen LogP contribution is 2.19. The highest BCUT2D eigenvalue weighted by atomic mass is 16.6. The van der Waals surface area contributed by atoms with Crippen LogP contribution in [0.4, 0.5) is 9.59 Å². The number of carbonyl (C=O) groups is 2. The number of ether oxygens (including phenoxy) is 1. The van der Waals surface area contributed by atoms with Crippen molar-refractivity contribution in [3.63, 3.8) is 0 Å². The minimum atomic E-state index is -0.198. The number of hydrogen-bond donors (Lipinski definition) is 1. The molecule has 2 heterocycles. The van der Waals surface area contributed by atoms with Crippen LogP contribution in [0.2, 0.25) is 0 Å². The Labute approximate surface area is 167 Å². The number of piperidine rings is 1. The minimum absolute atomic E-state index is 0.0123. The molecule has 0 spiro atoms. The first-order valence-electron chi connectivity index (χ1n) is 10.3. The van der Waals surface area contributed by atoms with E-state index in [0.717, 1.165) is 57.7 Å². The second kappa shape index (κ2) is 9.78. The number of amides is 3. The molecule has 0 aliphatic carbocycles. The van der Waals surface area contributed by atoms with Crippen molar-refractivity contribution in [2.24, 2.45) is 0 Å². The van der Waals surface area contributed by atoms with E-state index in [1.807, 2.05) is 24.0 Å². The van der Waals surface area contributed by atoms with E-state index in [9.17, 15) is 9.59 Å². The molecule has 0 radical (unpaired) electrons. The van der Waals surface area contributed by atoms with Gasteiger partial charge < -0.3 is 19.9 Å². The zero-order valence-corrected chi connectivity index (χ0v) is 17.0. The van der Waals surface area contributed by atoms with Crippen molar-refractivity contribution < 1.29 is 14.3 Å². The van der Waals surface area contributed by atoms with Gasteiger partial charge in [-0.2, -0.15) is 0 Å². The van der Waals surface area contributed by atoms with Crippen molar-refractivity contribution in [2.45, 2.75) is 39.3 Å². The van der Waals surface area contributed by atoms with Crippen LogP contribution in [0.15, 0.2) is 24.3 Å². The first-order valence-corrected chi connectivity index (χ1v) is 10.3. The standard InChI is InChI=1S/C21H32N4O3/c1-3-28-21(27)25-9-7-19(8-10-25)23-11-13-24(14-12-23)20(26)22-16-18-6-4-5-17(2)15-18/h4-6,15,19H,3,7-14,16H2,1-2H3,(H,22,26). The average Bonchev–Trinajstić information content (AvgIpc) is 2.72. The number of benzene rings is 1. The Morgan fingerprint density at radius 2 is 1.79 bits per heavy atom. The third-order valence-corrected chi connectivity index (χ3v) is 5.63. The molecule has 1 aromatic rings. The molecule has 7 heteroatoms. The first-order chi connectivity index (χ1) is 13.6. The molecule has 7 nitrogen and oxygen atoms in total. The van der Waals surface area contributed by atoms with Crippen molar-refractivity contribution in [1.82, 2.24) is 20.0 Å². The van der Waals surface area contributed by atoms with E-state index in [0.29, 0.717) is 19.2 Å². The lowest BCUT2D eigenvalue weighted by atomic mass is 10.0. The van der Waals surface area contributed by atoms with E-state index >= 15 is 0 Å². The maximum atomic E-state index is 12.5. The Kier molecular flexibility index (Phi) is 7.14. The quantitative estimate of drug-likeness (QED) is 0.861. The largest absolute Gasteiger partial charge is 0.450 e. The molecule has 3 amide bonds. The normalized spacial score (nSPS) is 18.8. The maximum absolute atomic E-state index is 12.5. The number of piperazine rings is 1. The van der Waals surface area contributed by atoms with Crippen molar-refractivity contribution in [3.05, 3.63) is 35.4 Å². The molecule has 28 heavy (non-hydrogen) atoms. The van der Waals surface area contributed by atoms with Gasteiger partial charge in [0.05, 0.1) is 6.61 Å². The SMILES string of the molecule is CCOC(=O)N1CCC(N2CCN(C(=O)NCc3cccc(C)c3)CC2)CC1. The molecule has 2 aliphatic heterocycles. The van der Waals surface area contributed by atoms with Crippen LogP contribution in [-0.4, -0.2) is 78.7 Å². The number of aryl methyl sites for hydroxylation is 1. The van der Waals surface area contributed by atoms with E-state index in [-0.39, 0.29) is 12.1 Å². The Balaban J connectivity index is 1.38. The predicted molar refractivity (Wildman–Crippen MR) is 108 cm³/mol. The highest BCUT2D eigenvalue weighted by molar-refractivity contribution is 5.74. The number of likely N-dealkylation sites (tertiary alicyclic amines) is 1. The number of nitrogens with one attached hydrogen (secondary N) is 1. The lowest BCUT2D eigenvalue weighted by Crippen LogP contribution is -2.56. The van der Waals surface area contributed by atoms with Gasteiger partial charge in [-0.15, -0.1) is 0 Å². The molecule has 2 saturated heterocycles. The summed E-state index contributed by atoms with van der Waals surface area (Å²) in [4.78, 5) is 30.4. The van der Waals surface area contributed by atoms with E-state index in [1.54, 1.807) is 4.90 Å². The molecule has 1 aromatic carbocycles. The van der Waals surface area contributed by atoms with Crippen LogP contribution in [0.1, 0.15) is 30.9 Å². The number of hydrogen-bond acceptors (Lipinski definition) is 4. The Morgan fingerprint density at radius 1 is 1.07 bits per heavy atom. The van der Waals surface area contributed by atoms with Crippen LogP contribution in [-0.2, 0) is 11.3 Å². The number of urea groups is 1. The van der Waals surface area contributed by atoms with Gasteiger partial charge in [0.1, 0.15) is 0 Å². The van der Waals surface area contributed by atoms with Crippen LogP contribution in [0, 0.1) is 6.92 Å². The summed E-state index contributed by atoms with van der Waals surface area (Å²) in [5.74, 6) is 0. The monoisotopic (exact) mass is 388 g/mol. The fourth-order valence-corrected chi connectivity index (χ4v) is 4.03. The summed E-state index contributed by atoms with van der Waals surface area (Å²) in [6, 6.07) is 8.71. The van der Waals surface area contributed by atoms with Crippen molar-refractivity contribution >= 4 is 12.1 Å². The van der Waals surface area contributed by atoms with Gasteiger partial charge in [-0.25, -0.2) is 9.59 Å². The fraction of sp³-hybridized carbons (Fsp3) is 0.619. The topological polar surface area (TPSA) is 65.1 Å². The van der Waals surface area contributed by atoms with Crippen molar-refractivity contribution in [1.29, 1.82) is 0 Å². The third kappa shape index (κ3) is 5.38. The van der Waals surface area contributed by atoms with Gasteiger partial charge in [-0.3, -0.25) is 4.90 Å². The highest BCUT2D eigenvalue weighted by Gasteiger charge is 2.30. The molecule has 3 rings (SSSR count). The zero-order valence-electron chi connectivity index (χ0n) is 17.0. The summed E-state index contributed by atoms with van der Waals surface area (Å²) in [7, 11) is 0. The molecule has 0 atom stereocenters. The zero-order chi connectivity index (χ0) is 19.9. The van der Waals surface area contributed by atoms with Gasteiger partial charge in [0.25, 0.3) is 0 Å². The van der Waals surface area contributed by atoms with Gasteiger partial charge in [-0.1, -0.05) is 29.8 Å². The van der Waals surface area contributed by atoms with Gasteiger partial charge in [0, 0.05) is 51.9 Å². The lowest BCUT2D eigenvalue weighted by Gasteiger charge is -2.42. The summed E-state index contributed by atoms with van der Waals surface area (Å²) in [5.41, 5.74) is 2.33. The number of rotatable bonds is 4. The molecule has 2 fully saturated rings. The van der Waals surface area contributed by atoms with Crippen LogP contribution < -0.4 is 5.32 Å². The molecule has 0 bridgehead atoms. The van der Waals surface area contributed by atoms with E-state index < -0.39 is 0 Å². The van der Waals surface area contributed by atoms with Gasteiger partial charge in [0.2, 0.25) is 0 Å². The third-order valence-electron chi connectivity index (χ3n) is 5.63. The molecule has 1 N–H and O–H groups in total. The van der Waals surface area contributed by atoms with Gasteiger partial charge in [0.15, 0.2) is 0 Å². The smallest absolute Gasteiger partial charge is 0.409 e. The van der Waals surface area contributed by atoms with Gasteiger partial charge in [-0.05, 0) is 32.3 Å². The lowest BCUT2D eigenvalue weighted by molar-refractivity contribution is 0.0568. The van der Waals surface area contributed by atoms with Crippen LogP contribution in [0.5, 0.6) is 0 Å². The molecule has 0 aromatic heterocycles. The second-order valence-corrected chi connectivity index (χ2v) is 7.59. The Hall–Kier alpha value is -2.28. The predicted octanol–water partition coefficient (Wildman–Crippen LogP) is 2.44. The fourth-order valence-electron chi connectivity index (χ4n) is 4.03. The second-order valence-electron chi connectivity index (χ2n) is 7.59. The first kappa shape index (κ1) is 20.5. The maximum Gasteiger partial charge on any atom is 0.409 e. The minimum Gasteiger partial charge on any atom is -0.450 e. The van der Waals surface area contributed by atoms with Gasteiger partial charge >= 0.3 is 12.1 Å². The van der Waals surface area contributed by atoms with Crippen LogP contribution >= 0.6 is 0 Å². The average molecular weight is 389 g/mol. The van der Waals surface area contributed by atoms with E-state index in [4.69, 9.17) is 4.74 Å². The summed E-state index contributed by atoms with van der Waals surface area (Å²) in [6.07, 6.45) is 1.74. The van der Waals surface area contributed by atoms with E-state index in [2.05, 4.69) is 29.3 Å². The Bertz CT molecular complexity index is 665. The van der Waals surface area contributed by atoms with Crippen LogP contribution in [0.3, 0.4) is 0 Å². The molecule has 0 unspecified atom stereocenters. The molecular weight excluding hydrogens is 356 g/mol. The summed E-state index contributed by atoms with van der Waals surface area (Å²) in [5, 5.41) is 3.03. The van der Waals surface area contributed by atoms with Crippen molar-refractivity contribution in [3.8, 4) is 0 Å². The molecule has 0 saturated carbocycles. The van der Waals surface area contributed by atoms with Crippen LogP contribution in [0.25, 0.3) is 0 Å².